The van der Waals surface area contributed by atoms with Crippen LogP contribution in [0.1, 0.15) is 27.6 Å². The highest BCUT2D eigenvalue weighted by Gasteiger charge is 2.28. The molecule has 1 amide bonds. The monoisotopic (exact) mass is 379 g/mol. The van der Waals surface area contributed by atoms with Crippen LogP contribution in [0.5, 0.6) is 5.75 Å². The molecular formula is C19H19Cl2NO3. The van der Waals surface area contributed by atoms with Crippen molar-refractivity contribution in [2.45, 2.75) is 13.0 Å². The Bertz CT molecular complexity index is 794. The van der Waals surface area contributed by atoms with Crippen LogP contribution in [0.25, 0.3) is 0 Å². The van der Waals surface area contributed by atoms with E-state index in [1.807, 2.05) is 25.1 Å². The van der Waals surface area contributed by atoms with Crippen molar-refractivity contribution in [1.29, 1.82) is 0 Å². The molecule has 2 aromatic rings. The average Bonchev–Trinajstić information content (AvgIpc) is 2.63. The first kappa shape index (κ1) is 18.1. The van der Waals surface area contributed by atoms with E-state index < -0.39 is 0 Å². The zero-order chi connectivity index (χ0) is 18.0. The molecule has 4 nitrogen and oxygen atoms in total. The molecule has 1 unspecified atom stereocenters. The maximum atomic E-state index is 12.9. The minimum Gasteiger partial charge on any atom is -0.496 e. The zero-order valence-corrected chi connectivity index (χ0v) is 15.6. The number of rotatable bonds is 3. The lowest BCUT2D eigenvalue weighted by Crippen LogP contribution is -2.42. The molecule has 0 radical (unpaired) electrons. The van der Waals surface area contributed by atoms with Gasteiger partial charge in [-0.25, -0.2) is 0 Å². The first-order chi connectivity index (χ1) is 12.0. The van der Waals surface area contributed by atoms with Gasteiger partial charge < -0.3 is 14.4 Å². The molecule has 2 aromatic carbocycles. The van der Waals surface area contributed by atoms with Crippen LogP contribution in [-0.4, -0.2) is 37.6 Å². The third-order valence-electron chi connectivity index (χ3n) is 4.26. The second-order valence-electron chi connectivity index (χ2n) is 5.99. The summed E-state index contributed by atoms with van der Waals surface area (Å²) in [6.07, 6.45) is -0.232. The van der Waals surface area contributed by atoms with Gasteiger partial charge in [-0.1, -0.05) is 35.3 Å². The Morgan fingerprint density at radius 1 is 1.20 bits per heavy atom. The predicted octanol–water partition coefficient (Wildman–Crippen LogP) is 4.52. The topological polar surface area (TPSA) is 38.8 Å². The van der Waals surface area contributed by atoms with Gasteiger partial charge >= 0.3 is 0 Å². The summed E-state index contributed by atoms with van der Waals surface area (Å²) in [5.74, 6) is 0.521. The first-order valence-electron chi connectivity index (χ1n) is 8.00. The lowest BCUT2D eigenvalue weighted by Gasteiger charge is -2.33. The SMILES string of the molecule is COc1cc(C)ccc1C(=O)N1CCOC(c2ccc(Cl)c(Cl)c2)C1. The van der Waals surface area contributed by atoms with Gasteiger partial charge in [-0.3, -0.25) is 4.79 Å². The number of ether oxygens (including phenoxy) is 2. The highest BCUT2D eigenvalue weighted by molar-refractivity contribution is 6.42. The van der Waals surface area contributed by atoms with Crippen molar-refractivity contribution in [3.63, 3.8) is 0 Å². The minimum absolute atomic E-state index is 0.0646. The van der Waals surface area contributed by atoms with Crippen LogP contribution in [0.15, 0.2) is 36.4 Å². The Hall–Kier alpha value is -1.75. The standard InChI is InChI=1S/C19H19Cl2NO3/c1-12-3-5-14(17(9-12)24-2)19(23)22-7-8-25-18(11-22)13-4-6-15(20)16(21)10-13/h3-6,9-10,18H,7-8,11H2,1-2H3. The fourth-order valence-electron chi connectivity index (χ4n) is 2.89. The van der Waals surface area contributed by atoms with Gasteiger partial charge in [0.2, 0.25) is 0 Å². The molecule has 1 atom stereocenters. The number of amides is 1. The highest BCUT2D eigenvalue weighted by atomic mass is 35.5. The molecule has 0 aromatic heterocycles. The predicted molar refractivity (Wildman–Crippen MR) is 98.8 cm³/mol. The summed E-state index contributed by atoms with van der Waals surface area (Å²) in [4.78, 5) is 14.7. The van der Waals surface area contributed by atoms with E-state index in [0.29, 0.717) is 41.1 Å². The molecule has 1 saturated heterocycles. The van der Waals surface area contributed by atoms with Crippen molar-refractivity contribution in [2.24, 2.45) is 0 Å². The summed E-state index contributed by atoms with van der Waals surface area (Å²) in [6, 6.07) is 11.0. The summed E-state index contributed by atoms with van der Waals surface area (Å²) in [5.41, 5.74) is 2.51. The van der Waals surface area contributed by atoms with E-state index in [1.165, 1.54) is 0 Å². The number of carbonyl (C=O) groups is 1. The molecule has 6 heteroatoms. The second-order valence-corrected chi connectivity index (χ2v) is 6.80. The van der Waals surface area contributed by atoms with E-state index in [0.717, 1.165) is 11.1 Å². The van der Waals surface area contributed by atoms with Gasteiger partial charge in [-0.05, 0) is 42.3 Å². The van der Waals surface area contributed by atoms with Gasteiger partial charge in [0.1, 0.15) is 11.9 Å². The molecule has 1 fully saturated rings. The molecule has 0 bridgehead atoms. The normalized spacial score (nSPS) is 17.4. The molecule has 1 aliphatic rings. The molecular weight excluding hydrogens is 361 g/mol. The van der Waals surface area contributed by atoms with Crippen molar-refractivity contribution < 1.29 is 14.3 Å². The van der Waals surface area contributed by atoms with Crippen LogP contribution >= 0.6 is 23.2 Å². The number of methoxy groups -OCH3 is 1. The fourth-order valence-corrected chi connectivity index (χ4v) is 3.20. The number of nitrogens with zero attached hydrogens (tertiary/aromatic N) is 1. The van der Waals surface area contributed by atoms with Crippen LogP contribution in [0.2, 0.25) is 10.0 Å². The van der Waals surface area contributed by atoms with Crippen molar-refractivity contribution >= 4 is 29.1 Å². The molecule has 3 rings (SSSR count). The quantitative estimate of drug-likeness (QED) is 0.786. The zero-order valence-electron chi connectivity index (χ0n) is 14.1. The Balaban J connectivity index is 1.81. The Morgan fingerprint density at radius 3 is 2.72 bits per heavy atom. The van der Waals surface area contributed by atoms with Crippen LogP contribution in [0.4, 0.5) is 0 Å². The summed E-state index contributed by atoms with van der Waals surface area (Å²) < 4.78 is 11.2. The van der Waals surface area contributed by atoms with Gasteiger partial charge in [0.15, 0.2) is 0 Å². The molecule has 0 aliphatic carbocycles. The molecule has 0 N–H and O–H groups in total. The Morgan fingerprint density at radius 2 is 2.00 bits per heavy atom. The first-order valence-corrected chi connectivity index (χ1v) is 8.75. The summed E-state index contributed by atoms with van der Waals surface area (Å²) in [6.45, 7) is 3.41. The highest BCUT2D eigenvalue weighted by Crippen LogP contribution is 2.30. The van der Waals surface area contributed by atoms with Gasteiger partial charge in [-0.2, -0.15) is 0 Å². The van der Waals surface area contributed by atoms with Crippen LogP contribution < -0.4 is 4.74 Å². The molecule has 0 saturated carbocycles. The van der Waals surface area contributed by atoms with E-state index in [2.05, 4.69) is 0 Å². The number of morpholine rings is 1. The number of benzene rings is 2. The second kappa shape index (κ2) is 7.65. The van der Waals surface area contributed by atoms with Crippen LogP contribution in [0, 0.1) is 6.92 Å². The van der Waals surface area contributed by atoms with Gasteiger partial charge in [0.05, 0.1) is 35.9 Å². The van der Waals surface area contributed by atoms with E-state index >= 15 is 0 Å². The molecule has 1 heterocycles. The van der Waals surface area contributed by atoms with E-state index in [1.54, 1.807) is 30.2 Å². The Labute approximate surface area is 157 Å². The number of aryl methyl sites for hydroxylation is 1. The lowest BCUT2D eigenvalue weighted by atomic mass is 10.1. The fraction of sp³-hybridized carbons (Fsp3) is 0.316. The molecule has 132 valence electrons. The minimum atomic E-state index is -0.232. The number of carbonyl (C=O) groups excluding carboxylic acids is 1. The summed E-state index contributed by atoms with van der Waals surface area (Å²) in [7, 11) is 1.57. The molecule has 0 spiro atoms. The Kier molecular flexibility index (Phi) is 5.52. The number of hydrogen-bond acceptors (Lipinski definition) is 3. The number of hydrogen-bond donors (Lipinski definition) is 0. The van der Waals surface area contributed by atoms with Crippen molar-refractivity contribution in [3.05, 3.63) is 63.1 Å². The van der Waals surface area contributed by atoms with Gasteiger partial charge in [-0.15, -0.1) is 0 Å². The summed E-state index contributed by atoms with van der Waals surface area (Å²) in [5, 5.41) is 0.977. The third-order valence-corrected chi connectivity index (χ3v) is 5.00. The van der Waals surface area contributed by atoms with E-state index in [4.69, 9.17) is 32.7 Å². The summed E-state index contributed by atoms with van der Waals surface area (Å²) >= 11 is 12.1. The smallest absolute Gasteiger partial charge is 0.257 e. The van der Waals surface area contributed by atoms with Gasteiger partial charge in [0.25, 0.3) is 5.91 Å². The number of halogens is 2. The lowest BCUT2D eigenvalue weighted by molar-refractivity contribution is -0.0229. The van der Waals surface area contributed by atoms with Crippen LogP contribution in [0.3, 0.4) is 0 Å². The maximum absolute atomic E-state index is 12.9. The molecule has 25 heavy (non-hydrogen) atoms. The van der Waals surface area contributed by atoms with Crippen molar-refractivity contribution in [3.8, 4) is 5.75 Å². The van der Waals surface area contributed by atoms with E-state index in [-0.39, 0.29) is 12.0 Å². The third kappa shape index (κ3) is 3.92. The average molecular weight is 380 g/mol. The van der Waals surface area contributed by atoms with Crippen molar-refractivity contribution in [1.82, 2.24) is 4.90 Å². The largest absolute Gasteiger partial charge is 0.496 e. The maximum Gasteiger partial charge on any atom is 0.257 e. The molecule has 1 aliphatic heterocycles. The van der Waals surface area contributed by atoms with Crippen LogP contribution in [-0.2, 0) is 4.74 Å². The van der Waals surface area contributed by atoms with Gasteiger partial charge in [0, 0.05) is 6.54 Å². The van der Waals surface area contributed by atoms with E-state index in [9.17, 15) is 4.79 Å². The van der Waals surface area contributed by atoms with Crippen molar-refractivity contribution in [2.75, 3.05) is 26.8 Å².